The summed E-state index contributed by atoms with van der Waals surface area (Å²) in [4.78, 5) is 26.7. The minimum absolute atomic E-state index is 0.0731. The van der Waals surface area contributed by atoms with Gasteiger partial charge in [0.25, 0.3) is 0 Å². The first kappa shape index (κ1) is 16.0. The molecule has 2 atom stereocenters. The van der Waals surface area contributed by atoms with Crippen molar-refractivity contribution < 1.29 is 14.3 Å². The molecule has 1 aliphatic heterocycles. The molecule has 1 aromatic rings. The maximum atomic E-state index is 12.5. The Kier molecular flexibility index (Phi) is 5.76. The molecule has 6 heteroatoms. The van der Waals surface area contributed by atoms with Gasteiger partial charge in [-0.1, -0.05) is 13.0 Å². The highest BCUT2D eigenvalue weighted by atomic mass is 32.1. The van der Waals surface area contributed by atoms with Gasteiger partial charge in [0.2, 0.25) is 11.8 Å². The predicted molar refractivity (Wildman–Crippen MR) is 82.1 cm³/mol. The first-order valence-electron chi connectivity index (χ1n) is 7.30. The Morgan fingerprint density at radius 3 is 3.00 bits per heavy atom. The van der Waals surface area contributed by atoms with Crippen LogP contribution < -0.4 is 5.32 Å². The second-order valence-corrected chi connectivity index (χ2v) is 6.19. The molecule has 0 unspecified atom stereocenters. The molecule has 5 nitrogen and oxygen atoms in total. The van der Waals surface area contributed by atoms with Gasteiger partial charge in [0.05, 0.1) is 25.2 Å². The van der Waals surface area contributed by atoms with Crippen molar-refractivity contribution in [1.82, 2.24) is 10.2 Å². The van der Waals surface area contributed by atoms with Crippen LogP contribution in [0.15, 0.2) is 17.5 Å². The van der Waals surface area contributed by atoms with Crippen molar-refractivity contribution in [2.45, 2.75) is 38.8 Å². The zero-order valence-corrected chi connectivity index (χ0v) is 13.3. The third kappa shape index (κ3) is 4.54. The van der Waals surface area contributed by atoms with Crippen LogP contribution in [0.1, 0.15) is 37.6 Å². The molecule has 0 spiro atoms. The number of morpholine rings is 1. The summed E-state index contributed by atoms with van der Waals surface area (Å²) in [6.07, 6.45) is 1.34. The zero-order valence-electron chi connectivity index (χ0n) is 12.5. The van der Waals surface area contributed by atoms with Gasteiger partial charge in [-0.05, 0) is 17.9 Å². The average molecular weight is 310 g/mol. The van der Waals surface area contributed by atoms with E-state index in [1.54, 1.807) is 11.3 Å². The SMILES string of the molecule is CC[C@@H]1CN(C(=O)C[C@H](NC(C)=O)c2cccs2)CCO1. The van der Waals surface area contributed by atoms with Gasteiger partial charge in [-0.15, -0.1) is 11.3 Å². The Bertz CT molecular complexity index is 475. The summed E-state index contributed by atoms with van der Waals surface area (Å²) in [5, 5.41) is 4.83. The summed E-state index contributed by atoms with van der Waals surface area (Å²) in [5.74, 6) is -0.0430. The molecule has 0 radical (unpaired) electrons. The van der Waals surface area contributed by atoms with Crippen molar-refractivity contribution in [3.8, 4) is 0 Å². The Morgan fingerprint density at radius 2 is 2.38 bits per heavy atom. The fourth-order valence-corrected chi connectivity index (χ4v) is 3.23. The summed E-state index contributed by atoms with van der Waals surface area (Å²) < 4.78 is 5.59. The number of amides is 2. The fraction of sp³-hybridized carbons (Fsp3) is 0.600. The number of nitrogens with one attached hydrogen (secondary N) is 1. The van der Waals surface area contributed by atoms with E-state index in [4.69, 9.17) is 4.74 Å². The zero-order chi connectivity index (χ0) is 15.2. The van der Waals surface area contributed by atoms with Gasteiger partial charge in [-0.3, -0.25) is 9.59 Å². The van der Waals surface area contributed by atoms with Crippen molar-refractivity contribution in [1.29, 1.82) is 0 Å². The third-order valence-corrected chi connectivity index (χ3v) is 4.58. The van der Waals surface area contributed by atoms with Crippen LogP contribution >= 0.6 is 11.3 Å². The van der Waals surface area contributed by atoms with Crippen molar-refractivity contribution in [2.24, 2.45) is 0 Å². The summed E-state index contributed by atoms with van der Waals surface area (Å²) in [5.41, 5.74) is 0. The molecule has 0 aromatic carbocycles. The van der Waals surface area contributed by atoms with E-state index in [-0.39, 0.29) is 24.0 Å². The van der Waals surface area contributed by atoms with E-state index in [1.165, 1.54) is 6.92 Å². The van der Waals surface area contributed by atoms with Gasteiger partial charge in [0.15, 0.2) is 0 Å². The predicted octanol–water partition coefficient (Wildman–Crippen LogP) is 1.95. The molecular formula is C15H22N2O3S. The van der Waals surface area contributed by atoms with Gasteiger partial charge < -0.3 is 15.0 Å². The minimum atomic E-state index is -0.238. The summed E-state index contributed by atoms with van der Waals surface area (Å²) in [7, 11) is 0. The Balaban J connectivity index is 1.99. The van der Waals surface area contributed by atoms with Crippen LogP contribution in [-0.4, -0.2) is 42.5 Å². The van der Waals surface area contributed by atoms with Crippen molar-refractivity contribution in [2.75, 3.05) is 19.7 Å². The Hall–Kier alpha value is -1.40. The van der Waals surface area contributed by atoms with Crippen LogP contribution in [0.25, 0.3) is 0 Å². The van der Waals surface area contributed by atoms with Gasteiger partial charge in [-0.25, -0.2) is 0 Å². The quantitative estimate of drug-likeness (QED) is 0.904. The van der Waals surface area contributed by atoms with Crippen LogP contribution in [0.4, 0.5) is 0 Å². The molecule has 1 saturated heterocycles. The van der Waals surface area contributed by atoms with E-state index in [1.807, 2.05) is 22.4 Å². The molecule has 116 valence electrons. The first-order chi connectivity index (χ1) is 10.1. The van der Waals surface area contributed by atoms with Crippen LogP contribution in [-0.2, 0) is 14.3 Å². The van der Waals surface area contributed by atoms with Crippen molar-refractivity contribution in [3.63, 3.8) is 0 Å². The van der Waals surface area contributed by atoms with E-state index < -0.39 is 0 Å². The van der Waals surface area contributed by atoms with E-state index in [9.17, 15) is 9.59 Å². The highest BCUT2D eigenvalue weighted by Gasteiger charge is 2.26. The molecule has 1 N–H and O–H groups in total. The lowest BCUT2D eigenvalue weighted by molar-refractivity contribution is -0.139. The molecule has 2 heterocycles. The van der Waals surface area contributed by atoms with Crippen molar-refractivity contribution in [3.05, 3.63) is 22.4 Å². The molecule has 2 rings (SSSR count). The van der Waals surface area contributed by atoms with Gasteiger partial charge in [0, 0.05) is 24.9 Å². The van der Waals surface area contributed by atoms with Crippen LogP contribution in [0.3, 0.4) is 0 Å². The van der Waals surface area contributed by atoms with Crippen LogP contribution in [0.2, 0.25) is 0 Å². The lowest BCUT2D eigenvalue weighted by Gasteiger charge is -2.33. The van der Waals surface area contributed by atoms with E-state index in [2.05, 4.69) is 12.2 Å². The lowest BCUT2D eigenvalue weighted by Crippen LogP contribution is -2.46. The number of rotatable bonds is 5. The monoisotopic (exact) mass is 310 g/mol. The maximum Gasteiger partial charge on any atom is 0.225 e. The van der Waals surface area contributed by atoms with Gasteiger partial charge in [0.1, 0.15) is 0 Å². The third-order valence-electron chi connectivity index (χ3n) is 3.59. The van der Waals surface area contributed by atoms with E-state index >= 15 is 0 Å². The topological polar surface area (TPSA) is 58.6 Å². The smallest absolute Gasteiger partial charge is 0.225 e. The standard InChI is InChI=1S/C15H22N2O3S/c1-3-12-10-17(6-7-20-12)15(19)9-13(16-11(2)18)14-5-4-8-21-14/h4-5,8,12-13H,3,6-7,9-10H2,1-2H3,(H,16,18)/t12-,13+/m1/s1. The Labute approximate surface area is 129 Å². The summed E-state index contributed by atoms with van der Waals surface area (Å²) in [6.45, 7) is 5.41. The van der Waals surface area contributed by atoms with E-state index in [0.717, 1.165) is 11.3 Å². The lowest BCUT2D eigenvalue weighted by atomic mass is 10.1. The first-order valence-corrected chi connectivity index (χ1v) is 8.18. The van der Waals surface area contributed by atoms with E-state index in [0.29, 0.717) is 26.1 Å². The minimum Gasteiger partial charge on any atom is -0.375 e. The number of carbonyl (C=O) groups excluding carboxylic acids is 2. The fourth-order valence-electron chi connectivity index (χ4n) is 2.45. The maximum absolute atomic E-state index is 12.5. The highest BCUT2D eigenvalue weighted by molar-refractivity contribution is 7.10. The molecule has 21 heavy (non-hydrogen) atoms. The molecule has 1 aliphatic rings. The van der Waals surface area contributed by atoms with Gasteiger partial charge >= 0.3 is 0 Å². The number of hydrogen-bond donors (Lipinski definition) is 1. The largest absolute Gasteiger partial charge is 0.375 e. The molecular weight excluding hydrogens is 288 g/mol. The molecule has 1 fully saturated rings. The van der Waals surface area contributed by atoms with Crippen LogP contribution in [0.5, 0.6) is 0 Å². The molecule has 2 amide bonds. The summed E-state index contributed by atoms with van der Waals surface area (Å²) in [6, 6.07) is 3.64. The highest BCUT2D eigenvalue weighted by Crippen LogP contribution is 2.23. The molecule has 0 aliphatic carbocycles. The number of thiophene rings is 1. The van der Waals surface area contributed by atoms with Gasteiger partial charge in [-0.2, -0.15) is 0 Å². The number of nitrogens with zero attached hydrogens (tertiary/aromatic N) is 1. The number of ether oxygens (including phenoxy) is 1. The molecule has 1 aromatic heterocycles. The van der Waals surface area contributed by atoms with Crippen LogP contribution in [0, 0.1) is 0 Å². The second-order valence-electron chi connectivity index (χ2n) is 5.21. The number of carbonyl (C=O) groups is 2. The second kappa shape index (κ2) is 7.56. The average Bonchev–Trinajstić information content (AvgIpc) is 3.00. The number of hydrogen-bond acceptors (Lipinski definition) is 4. The molecule has 0 bridgehead atoms. The summed E-state index contributed by atoms with van der Waals surface area (Å²) >= 11 is 1.56. The molecule has 0 saturated carbocycles. The van der Waals surface area contributed by atoms with Crippen molar-refractivity contribution >= 4 is 23.2 Å². The Morgan fingerprint density at radius 1 is 1.57 bits per heavy atom. The normalized spacial score (nSPS) is 20.1.